The topological polar surface area (TPSA) is 154 Å². The van der Waals surface area contributed by atoms with Gasteiger partial charge in [-0.05, 0) is 56.2 Å². The normalized spacial score (nSPS) is 18.1. The number of nitrogens with one attached hydrogen (secondary N) is 1. The number of methoxy groups -OCH3 is 1. The number of nitrogens with two attached hydrogens (primary N) is 1. The molecule has 0 bridgehead atoms. The summed E-state index contributed by atoms with van der Waals surface area (Å²) >= 11 is 12.9. The summed E-state index contributed by atoms with van der Waals surface area (Å²) < 4.78 is 42.5. The minimum Gasteiger partial charge on any atom is -0.494 e. The zero-order valence-corrected chi connectivity index (χ0v) is 27.6. The monoisotopic (exact) mass is 708 g/mol. The number of carbonyl (C=O) groups is 2. The molecule has 3 aromatic heterocycles. The number of halogens is 4. The van der Waals surface area contributed by atoms with Crippen molar-refractivity contribution in [2.75, 3.05) is 20.3 Å². The maximum absolute atomic E-state index is 14.6. The summed E-state index contributed by atoms with van der Waals surface area (Å²) in [6.45, 7) is 0.748. The van der Waals surface area contributed by atoms with Crippen LogP contribution in [0.1, 0.15) is 53.0 Å². The van der Waals surface area contributed by atoms with E-state index in [2.05, 4.69) is 20.4 Å². The van der Waals surface area contributed by atoms with Gasteiger partial charge in [0.1, 0.15) is 40.3 Å². The standard InChI is InChI=1S/C34H28Cl2F2N6O5/c1-33(32(39)46)15-49-30-21(33)12-24(41-29(30)20-4-3-5-22(35)27(20)36)34(47,18-10-25(37)42-26(38)11-18)14-40-31(45)16-8-17-13-44(19-6-7-19)43-28(17)23(9-16)48-2/h3-5,8-13,19,47H,6-7,14-15H2,1-2H3,(H2,39,46)(H,40,45)/t33-,34?/m0/s1. The van der Waals surface area contributed by atoms with Crippen LogP contribution in [0.5, 0.6) is 11.5 Å². The van der Waals surface area contributed by atoms with Crippen molar-refractivity contribution in [3.8, 4) is 22.8 Å². The number of hydrogen-bond donors (Lipinski definition) is 3. The van der Waals surface area contributed by atoms with Gasteiger partial charge in [-0.1, -0.05) is 35.3 Å². The summed E-state index contributed by atoms with van der Waals surface area (Å²) in [4.78, 5) is 34.3. The number of fused-ring (bicyclic) bond motifs is 2. The third-order valence-corrected chi connectivity index (χ3v) is 9.81. The predicted octanol–water partition coefficient (Wildman–Crippen LogP) is 5.22. The number of aromatic nitrogens is 4. The molecule has 4 heterocycles. The van der Waals surface area contributed by atoms with Crippen LogP contribution in [0, 0.1) is 11.9 Å². The van der Waals surface area contributed by atoms with E-state index in [4.69, 9.17) is 38.4 Å². The van der Waals surface area contributed by atoms with Gasteiger partial charge >= 0.3 is 0 Å². The second-order valence-corrected chi connectivity index (χ2v) is 13.1. The highest BCUT2D eigenvalue weighted by molar-refractivity contribution is 6.43. The van der Waals surface area contributed by atoms with Gasteiger partial charge in [-0.15, -0.1) is 0 Å². The van der Waals surface area contributed by atoms with Crippen molar-refractivity contribution >= 4 is 45.9 Å². The molecule has 0 saturated heterocycles. The second-order valence-electron chi connectivity index (χ2n) is 12.3. The van der Waals surface area contributed by atoms with E-state index in [1.54, 1.807) is 31.2 Å². The molecule has 11 nitrogen and oxygen atoms in total. The Morgan fingerprint density at radius 1 is 1.16 bits per heavy atom. The molecule has 1 aliphatic heterocycles. The van der Waals surface area contributed by atoms with Gasteiger partial charge in [-0.3, -0.25) is 14.3 Å². The van der Waals surface area contributed by atoms with E-state index >= 15 is 0 Å². The third-order valence-electron chi connectivity index (χ3n) is 8.99. The number of primary amides is 1. The molecule has 1 fully saturated rings. The second kappa shape index (κ2) is 11.9. The van der Waals surface area contributed by atoms with Gasteiger partial charge in [0.05, 0.1) is 35.4 Å². The predicted molar refractivity (Wildman–Crippen MR) is 176 cm³/mol. The quantitative estimate of drug-likeness (QED) is 0.176. The van der Waals surface area contributed by atoms with Gasteiger partial charge in [0.15, 0.2) is 0 Å². The smallest absolute Gasteiger partial charge is 0.251 e. The molecule has 0 spiro atoms. The zero-order valence-electron chi connectivity index (χ0n) is 26.1. The van der Waals surface area contributed by atoms with Crippen LogP contribution in [0.15, 0.2) is 54.7 Å². The highest BCUT2D eigenvalue weighted by atomic mass is 35.5. The number of pyridine rings is 2. The lowest BCUT2D eigenvalue weighted by Crippen LogP contribution is -2.43. The maximum atomic E-state index is 14.6. The highest BCUT2D eigenvalue weighted by Gasteiger charge is 2.46. The van der Waals surface area contributed by atoms with Crippen molar-refractivity contribution in [2.45, 2.75) is 36.8 Å². The van der Waals surface area contributed by atoms with Crippen molar-refractivity contribution in [2.24, 2.45) is 5.73 Å². The van der Waals surface area contributed by atoms with E-state index in [0.717, 1.165) is 25.0 Å². The number of benzene rings is 2. The number of ether oxygens (including phenoxy) is 2. The number of aliphatic hydroxyl groups is 1. The van der Waals surface area contributed by atoms with Gasteiger partial charge in [0.25, 0.3) is 5.91 Å². The first-order chi connectivity index (χ1) is 23.3. The van der Waals surface area contributed by atoms with Crippen LogP contribution in [0.25, 0.3) is 22.2 Å². The molecule has 1 aliphatic carbocycles. The number of nitrogens with zero attached hydrogens (tertiary/aromatic N) is 4. The first-order valence-electron chi connectivity index (χ1n) is 15.2. The van der Waals surface area contributed by atoms with Crippen molar-refractivity contribution in [1.82, 2.24) is 25.1 Å². The Morgan fingerprint density at radius 2 is 1.90 bits per heavy atom. The molecular formula is C34H28Cl2F2N6O5. The van der Waals surface area contributed by atoms with Gasteiger partial charge in [0.2, 0.25) is 17.8 Å². The molecule has 49 heavy (non-hydrogen) atoms. The largest absolute Gasteiger partial charge is 0.494 e. The SMILES string of the molecule is COc1cc(C(=O)NCC(O)(c2cc(F)nc(F)c2)c2cc3c(c(-c4cccc(Cl)c4Cl)n2)OC[C@]3(C)C(N)=O)cc2cn(C3CC3)nc12. The summed E-state index contributed by atoms with van der Waals surface area (Å²) in [6, 6.07) is 11.2. The molecular weight excluding hydrogens is 681 g/mol. The van der Waals surface area contributed by atoms with Crippen LogP contribution in [0.2, 0.25) is 10.0 Å². The van der Waals surface area contributed by atoms with Crippen LogP contribution in [-0.2, 0) is 15.8 Å². The molecule has 2 atom stereocenters. The lowest BCUT2D eigenvalue weighted by Gasteiger charge is -2.30. The van der Waals surface area contributed by atoms with E-state index in [0.29, 0.717) is 22.7 Å². The van der Waals surface area contributed by atoms with E-state index in [1.165, 1.54) is 19.2 Å². The van der Waals surface area contributed by atoms with Crippen molar-refractivity contribution in [1.29, 1.82) is 0 Å². The first-order valence-corrected chi connectivity index (χ1v) is 15.9. The zero-order chi connectivity index (χ0) is 34.8. The fourth-order valence-corrected chi connectivity index (χ4v) is 6.35. The Morgan fingerprint density at radius 3 is 2.57 bits per heavy atom. The van der Waals surface area contributed by atoms with Crippen molar-refractivity contribution < 1.29 is 33.0 Å². The molecule has 1 saturated carbocycles. The summed E-state index contributed by atoms with van der Waals surface area (Å²) in [6.07, 6.45) is 3.84. The van der Waals surface area contributed by atoms with Crippen LogP contribution < -0.4 is 20.5 Å². The Balaban J connectivity index is 1.36. The van der Waals surface area contributed by atoms with E-state index in [9.17, 15) is 23.5 Å². The lowest BCUT2D eigenvalue weighted by molar-refractivity contribution is -0.123. The van der Waals surface area contributed by atoms with Crippen molar-refractivity contribution in [3.05, 3.63) is 99.1 Å². The third kappa shape index (κ3) is 5.61. The molecule has 252 valence electrons. The molecule has 5 aromatic rings. The molecule has 4 N–H and O–H groups in total. The summed E-state index contributed by atoms with van der Waals surface area (Å²) in [5, 5.41) is 20.7. The fourth-order valence-electron chi connectivity index (χ4n) is 5.96. The van der Waals surface area contributed by atoms with E-state index in [1.807, 2.05) is 10.9 Å². The molecule has 2 aliphatic rings. The first kappa shape index (κ1) is 32.7. The Labute approximate surface area is 288 Å². The highest BCUT2D eigenvalue weighted by Crippen LogP contribution is 2.48. The average Bonchev–Trinajstić information content (AvgIpc) is 3.74. The van der Waals surface area contributed by atoms with Gasteiger partial charge in [-0.2, -0.15) is 18.9 Å². The fraction of sp³-hybridized carbons (Fsp3) is 0.265. The molecule has 2 amide bonds. The number of hydrogen-bond acceptors (Lipinski definition) is 8. The number of rotatable bonds is 9. The number of carbonyl (C=O) groups excluding carboxylic acids is 2. The van der Waals surface area contributed by atoms with Crippen LogP contribution >= 0.6 is 23.2 Å². The van der Waals surface area contributed by atoms with Gasteiger partial charge in [0, 0.05) is 33.8 Å². The van der Waals surface area contributed by atoms with Crippen LogP contribution in [0.4, 0.5) is 8.78 Å². The van der Waals surface area contributed by atoms with E-state index < -0.39 is 41.3 Å². The maximum Gasteiger partial charge on any atom is 0.251 e. The van der Waals surface area contributed by atoms with Crippen LogP contribution in [0.3, 0.4) is 0 Å². The Kier molecular flexibility index (Phi) is 7.96. The molecule has 7 rings (SSSR count). The Hall–Kier alpha value is -4.85. The van der Waals surface area contributed by atoms with Crippen LogP contribution in [-0.4, -0.2) is 56.9 Å². The summed E-state index contributed by atoms with van der Waals surface area (Å²) in [7, 11) is 1.46. The molecule has 15 heteroatoms. The minimum absolute atomic E-state index is 0.0765. The summed E-state index contributed by atoms with van der Waals surface area (Å²) in [5.74, 6) is -3.32. The minimum atomic E-state index is -2.42. The van der Waals surface area contributed by atoms with Crippen molar-refractivity contribution in [3.63, 3.8) is 0 Å². The van der Waals surface area contributed by atoms with Gasteiger partial charge in [-0.25, -0.2) is 4.98 Å². The Bertz CT molecular complexity index is 2170. The lowest BCUT2D eigenvalue weighted by atomic mass is 9.81. The van der Waals surface area contributed by atoms with E-state index in [-0.39, 0.29) is 56.0 Å². The molecule has 0 radical (unpaired) electrons. The van der Waals surface area contributed by atoms with Gasteiger partial charge < -0.3 is 25.6 Å². The molecule has 1 unspecified atom stereocenters. The number of amides is 2. The molecule has 2 aromatic carbocycles. The average molecular weight is 710 g/mol. The summed E-state index contributed by atoms with van der Waals surface area (Å²) in [5.41, 5.74) is 2.82.